The summed E-state index contributed by atoms with van der Waals surface area (Å²) in [5.41, 5.74) is 0.201. The van der Waals surface area contributed by atoms with Gasteiger partial charge in [-0.05, 0) is 51.0 Å². The van der Waals surface area contributed by atoms with E-state index in [2.05, 4.69) is 27.8 Å². The maximum Gasteiger partial charge on any atom is 0.408 e. The zero-order valence-corrected chi connectivity index (χ0v) is 14.4. The highest BCUT2D eigenvalue weighted by Gasteiger charge is 2.22. The largest absolute Gasteiger partial charge is 0.478 e. The van der Waals surface area contributed by atoms with Crippen LogP contribution in [0.4, 0.5) is 4.79 Å². The third-order valence-electron chi connectivity index (χ3n) is 2.71. The molecule has 6 heteroatoms. The summed E-state index contributed by atoms with van der Waals surface area (Å²) in [5, 5.41) is 11.8. The number of halogens is 1. The molecule has 0 bridgehead atoms. The van der Waals surface area contributed by atoms with E-state index in [4.69, 9.17) is 9.84 Å². The second kappa shape index (κ2) is 7.45. The summed E-state index contributed by atoms with van der Waals surface area (Å²) in [5.74, 6) is -1.02. The molecule has 1 unspecified atom stereocenters. The standard InChI is InChI=1S/C16H20BrNO4/c1-5-6-13(18-15(21)22-16(2,3)4)11-9-10(14(19)20)7-8-12(11)17/h5,7-9,13H,1,6H2,2-4H3,(H,18,21)(H,19,20). The minimum Gasteiger partial charge on any atom is -0.478 e. The van der Waals surface area contributed by atoms with Crippen LogP contribution in [0.5, 0.6) is 0 Å². The van der Waals surface area contributed by atoms with E-state index in [-0.39, 0.29) is 5.56 Å². The topological polar surface area (TPSA) is 75.6 Å². The number of rotatable bonds is 5. The van der Waals surface area contributed by atoms with Crippen LogP contribution in [0.2, 0.25) is 0 Å². The molecule has 0 aliphatic rings. The number of alkyl carbamates (subject to hydrolysis) is 1. The van der Waals surface area contributed by atoms with E-state index in [1.807, 2.05) is 0 Å². The molecule has 0 fully saturated rings. The van der Waals surface area contributed by atoms with Crippen LogP contribution in [0.1, 0.15) is 49.2 Å². The lowest BCUT2D eigenvalue weighted by atomic mass is 10.0. The third-order valence-corrected chi connectivity index (χ3v) is 3.43. The van der Waals surface area contributed by atoms with Gasteiger partial charge in [-0.2, -0.15) is 0 Å². The fourth-order valence-electron chi connectivity index (χ4n) is 1.82. The quantitative estimate of drug-likeness (QED) is 0.759. The van der Waals surface area contributed by atoms with Gasteiger partial charge in [0.1, 0.15) is 5.60 Å². The van der Waals surface area contributed by atoms with E-state index in [0.29, 0.717) is 16.5 Å². The molecule has 0 aliphatic carbocycles. The van der Waals surface area contributed by atoms with Gasteiger partial charge in [-0.25, -0.2) is 9.59 Å². The molecule has 0 radical (unpaired) electrons. The fourth-order valence-corrected chi connectivity index (χ4v) is 2.35. The Morgan fingerprint density at radius 3 is 2.59 bits per heavy atom. The first kappa shape index (κ1) is 18.2. The lowest BCUT2D eigenvalue weighted by Gasteiger charge is -2.24. The molecule has 120 valence electrons. The van der Waals surface area contributed by atoms with E-state index >= 15 is 0 Å². The Bertz CT molecular complexity index is 578. The normalized spacial score (nSPS) is 12.4. The van der Waals surface area contributed by atoms with Crippen LogP contribution in [0.25, 0.3) is 0 Å². The van der Waals surface area contributed by atoms with Crippen molar-refractivity contribution in [1.29, 1.82) is 0 Å². The number of aromatic carboxylic acids is 1. The summed E-state index contributed by atoms with van der Waals surface area (Å²) in [6.07, 6.45) is 1.54. The molecule has 1 rings (SSSR count). The lowest BCUT2D eigenvalue weighted by Crippen LogP contribution is -2.35. The summed E-state index contributed by atoms with van der Waals surface area (Å²) in [6.45, 7) is 8.99. The SMILES string of the molecule is C=CCC(NC(=O)OC(C)(C)C)c1cc(C(=O)O)ccc1Br. The van der Waals surface area contributed by atoms with Crippen molar-refractivity contribution in [1.82, 2.24) is 5.32 Å². The van der Waals surface area contributed by atoms with E-state index in [9.17, 15) is 9.59 Å². The van der Waals surface area contributed by atoms with Crippen LogP contribution in [0.3, 0.4) is 0 Å². The van der Waals surface area contributed by atoms with Crippen LogP contribution in [0.15, 0.2) is 35.3 Å². The third kappa shape index (κ3) is 5.52. The van der Waals surface area contributed by atoms with Crippen LogP contribution >= 0.6 is 15.9 Å². The molecule has 1 amide bonds. The Kier molecular flexibility index (Phi) is 6.17. The van der Waals surface area contributed by atoms with Crippen molar-refractivity contribution in [2.24, 2.45) is 0 Å². The average Bonchev–Trinajstić information content (AvgIpc) is 2.36. The van der Waals surface area contributed by atoms with Crippen molar-refractivity contribution in [3.05, 3.63) is 46.5 Å². The molecule has 0 spiro atoms. The van der Waals surface area contributed by atoms with Gasteiger partial charge in [0.15, 0.2) is 0 Å². The van der Waals surface area contributed by atoms with Crippen molar-refractivity contribution in [3.63, 3.8) is 0 Å². The number of nitrogens with one attached hydrogen (secondary N) is 1. The smallest absolute Gasteiger partial charge is 0.408 e. The molecular weight excluding hydrogens is 350 g/mol. The highest BCUT2D eigenvalue weighted by atomic mass is 79.9. The summed E-state index contributed by atoms with van der Waals surface area (Å²) < 4.78 is 5.95. The van der Waals surface area contributed by atoms with Gasteiger partial charge in [-0.3, -0.25) is 0 Å². The molecule has 0 saturated carbocycles. The molecule has 0 heterocycles. The highest BCUT2D eigenvalue weighted by Crippen LogP contribution is 2.27. The Labute approximate surface area is 138 Å². The van der Waals surface area contributed by atoms with Crippen molar-refractivity contribution in [2.75, 3.05) is 0 Å². The summed E-state index contributed by atoms with van der Waals surface area (Å²) in [6, 6.07) is 4.24. The summed E-state index contributed by atoms with van der Waals surface area (Å²) in [4.78, 5) is 23.1. The predicted octanol–water partition coefficient (Wildman–Crippen LogP) is 4.29. The molecule has 2 N–H and O–H groups in total. The van der Waals surface area contributed by atoms with Crippen LogP contribution < -0.4 is 5.32 Å². The predicted molar refractivity (Wildman–Crippen MR) is 88.0 cm³/mol. The molecule has 1 aromatic rings. The molecule has 0 saturated heterocycles. The number of hydrogen-bond acceptors (Lipinski definition) is 3. The van der Waals surface area contributed by atoms with Crippen LogP contribution in [-0.4, -0.2) is 22.8 Å². The number of carboxylic acids is 1. The van der Waals surface area contributed by atoms with Gasteiger partial charge >= 0.3 is 12.1 Å². The number of carboxylic acid groups (broad SMARTS) is 1. The maximum atomic E-state index is 11.9. The molecule has 1 aromatic carbocycles. The minimum absolute atomic E-state index is 0.151. The van der Waals surface area contributed by atoms with E-state index in [1.165, 1.54) is 12.1 Å². The first-order valence-electron chi connectivity index (χ1n) is 6.77. The zero-order valence-electron chi connectivity index (χ0n) is 12.9. The van der Waals surface area contributed by atoms with Crippen LogP contribution in [0, 0.1) is 0 Å². The first-order valence-corrected chi connectivity index (χ1v) is 7.56. The fraction of sp³-hybridized carbons (Fsp3) is 0.375. The van der Waals surface area contributed by atoms with Crippen molar-refractivity contribution in [2.45, 2.75) is 38.8 Å². The van der Waals surface area contributed by atoms with Gasteiger partial charge in [0.05, 0.1) is 11.6 Å². The number of amides is 1. The Hall–Kier alpha value is -1.82. The van der Waals surface area contributed by atoms with Gasteiger partial charge in [0, 0.05) is 4.47 Å². The van der Waals surface area contributed by atoms with Crippen molar-refractivity contribution >= 4 is 28.0 Å². The Morgan fingerprint density at radius 2 is 2.09 bits per heavy atom. The summed E-state index contributed by atoms with van der Waals surface area (Å²) in [7, 11) is 0. The number of carbonyl (C=O) groups excluding carboxylic acids is 1. The molecule has 5 nitrogen and oxygen atoms in total. The van der Waals surface area contributed by atoms with Gasteiger partial charge in [-0.15, -0.1) is 6.58 Å². The van der Waals surface area contributed by atoms with Crippen molar-refractivity contribution in [3.8, 4) is 0 Å². The van der Waals surface area contributed by atoms with Crippen molar-refractivity contribution < 1.29 is 19.4 Å². The summed E-state index contributed by atoms with van der Waals surface area (Å²) >= 11 is 3.38. The van der Waals surface area contributed by atoms with Gasteiger partial charge in [-0.1, -0.05) is 22.0 Å². The Morgan fingerprint density at radius 1 is 1.45 bits per heavy atom. The zero-order chi connectivity index (χ0) is 16.9. The monoisotopic (exact) mass is 369 g/mol. The number of carbonyl (C=O) groups is 2. The second-order valence-electron chi connectivity index (χ2n) is 5.76. The van der Waals surface area contributed by atoms with Gasteiger partial charge in [0.2, 0.25) is 0 Å². The van der Waals surface area contributed by atoms with E-state index in [1.54, 1.807) is 32.9 Å². The van der Waals surface area contributed by atoms with E-state index in [0.717, 1.165) is 0 Å². The number of benzene rings is 1. The van der Waals surface area contributed by atoms with Gasteiger partial charge in [0.25, 0.3) is 0 Å². The number of hydrogen-bond donors (Lipinski definition) is 2. The molecule has 0 aliphatic heterocycles. The highest BCUT2D eigenvalue weighted by molar-refractivity contribution is 9.10. The van der Waals surface area contributed by atoms with Gasteiger partial charge < -0.3 is 15.2 Å². The first-order chi connectivity index (χ1) is 10.1. The molecule has 0 aromatic heterocycles. The van der Waals surface area contributed by atoms with Crippen LogP contribution in [-0.2, 0) is 4.74 Å². The minimum atomic E-state index is -1.02. The molecule has 22 heavy (non-hydrogen) atoms. The molecule has 1 atom stereocenters. The van der Waals surface area contributed by atoms with E-state index < -0.39 is 23.7 Å². The average molecular weight is 370 g/mol. The Balaban J connectivity index is 3.05. The second-order valence-corrected chi connectivity index (χ2v) is 6.62. The lowest BCUT2D eigenvalue weighted by molar-refractivity contribution is 0.0503. The molecular formula is C16H20BrNO4. The maximum absolute atomic E-state index is 11.9. The number of ether oxygens (including phenoxy) is 1.